The Hall–Kier alpha value is -2.29. The first kappa shape index (κ1) is 15.1. The number of benzene rings is 2. The van der Waals surface area contributed by atoms with Crippen molar-refractivity contribution >= 4 is 5.97 Å². The van der Waals surface area contributed by atoms with E-state index < -0.39 is 5.97 Å². The van der Waals surface area contributed by atoms with Crippen LogP contribution in [0.15, 0.2) is 48.5 Å². The number of carbonyl (C=O) groups is 1. The second kappa shape index (κ2) is 7.48. The van der Waals surface area contributed by atoms with Crippen molar-refractivity contribution in [2.24, 2.45) is 0 Å². The minimum absolute atomic E-state index is 0.0235. The van der Waals surface area contributed by atoms with E-state index in [9.17, 15) is 4.79 Å². The maximum atomic E-state index is 10.7. The Labute approximate surface area is 125 Å². The van der Waals surface area contributed by atoms with Crippen LogP contribution in [0.1, 0.15) is 23.6 Å². The number of hydrogen-bond acceptors (Lipinski definition) is 2. The summed E-state index contributed by atoms with van der Waals surface area (Å²) in [5, 5.41) is 8.78. The molecule has 2 aromatic carbocycles. The molecule has 0 aromatic heterocycles. The first-order valence-corrected chi connectivity index (χ1v) is 7.18. The van der Waals surface area contributed by atoms with E-state index in [-0.39, 0.29) is 6.42 Å². The SMILES string of the molecule is CCc1ccc(CCOc2cccc(CC(=O)O)c2)cc1. The number of aryl methyl sites for hydroxylation is 1. The van der Waals surface area contributed by atoms with Crippen molar-refractivity contribution in [3.63, 3.8) is 0 Å². The molecule has 0 aliphatic heterocycles. The van der Waals surface area contributed by atoms with Gasteiger partial charge in [-0.15, -0.1) is 0 Å². The van der Waals surface area contributed by atoms with Crippen molar-refractivity contribution in [1.82, 2.24) is 0 Å². The van der Waals surface area contributed by atoms with E-state index in [0.717, 1.165) is 24.2 Å². The van der Waals surface area contributed by atoms with Gasteiger partial charge in [0, 0.05) is 6.42 Å². The first-order valence-electron chi connectivity index (χ1n) is 7.18. The first-order chi connectivity index (χ1) is 10.2. The number of hydrogen-bond donors (Lipinski definition) is 1. The Kier molecular flexibility index (Phi) is 5.38. The fourth-order valence-corrected chi connectivity index (χ4v) is 2.15. The summed E-state index contributed by atoms with van der Waals surface area (Å²) in [5.41, 5.74) is 3.34. The molecule has 110 valence electrons. The van der Waals surface area contributed by atoms with Crippen LogP contribution in [-0.2, 0) is 24.1 Å². The molecule has 0 amide bonds. The minimum atomic E-state index is -0.830. The van der Waals surface area contributed by atoms with Crippen molar-refractivity contribution < 1.29 is 14.6 Å². The number of carboxylic acids is 1. The van der Waals surface area contributed by atoms with Crippen LogP contribution >= 0.6 is 0 Å². The lowest BCUT2D eigenvalue weighted by Crippen LogP contribution is -2.03. The molecule has 0 saturated heterocycles. The van der Waals surface area contributed by atoms with Crippen molar-refractivity contribution in [2.75, 3.05) is 6.61 Å². The second-order valence-electron chi connectivity index (χ2n) is 4.99. The summed E-state index contributed by atoms with van der Waals surface area (Å²) in [6.07, 6.45) is 1.91. The minimum Gasteiger partial charge on any atom is -0.493 e. The van der Waals surface area contributed by atoms with Crippen LogP contribution in [0.2, 0.25) is 0 Å². The summed E-state index contributed by atoms with van der Waals surface area (Å²) in [6, 6.07) is 15.8. The number of rotatable bonds is 7. The molecule has 0 unspecified atom stereocenters. The number of ether oxygens (including phenoxy) is 1. The maximum absolute atomic E-state index is 10.7. The highest BCUT2D eigenvalue weighted by molar-refractivity contribution is 5.70. The van der Waals surface area contributed by atoms with E-state index >= 15 is 0 Å². The summed E-state index contributed by atoms with van der Waals surface area (Å²) >= 11 is 0. The van der Waals surface area contributed by atoms with E-state index in [1.807, 2.05) is 12.1 Å². The lowest BCUT2D eigenvalue weighted by atomic mass is 10.1. The summed E-state index contributed by atoms with van der Waals surface area (Å²) < 4.78 is 5.70. The molecule has 0 spiro atoms. The van der Waals surface area contributed by atoms with Gasteiger partial charge in [0.25, 0.3) is 0 Å². The van der Waals surface area contributed by atoms with Gasteiger partial charge in [0.2, 0.25) is 0 Å². The van der Waals surface area contributed by atoms with E-state index in [0.29, 0.717) is 6.61 Å². The van der Waals surface area contributed by atoms with E-state index in [4.69, 9.17) is 9.84 Å². The van der Waals surface area contributed by atoms with Gasteiger partial charge in [-0.3, -0.25) is 4.79 Å². The topological polar surface area (TPSA) is 46.5 Å². The van der Waals surface area contributed by atoms with Gasteiger partial charge in [0.15, 0.2) is 0 Å². The molecular formula is C18H20O3. The molecule has 3 heteroatoms. The average Bonchev–Trinajstić information content (AvgIpc) is 2.48. The molecule has 0 heterocycles. The predicted octanol–water partition coefficient (Wildman–Crippen LogP) is 3.50. The van der Waals surface area contributed by atoms with Crippen LogP contribution < -0.4 is 4.74 Å². The lowest BCUT2D eigenvalue weighted by Gasteiger charge is -2.08. The highest BCUT2D eigenvalue weighted by Gasteiger charge is 2.02. The summed E-state index contributed by atoms with van der Waals surface area (Å²) in [5.74, 6) is -0.109. The van der Waals surface area contributed by atoms with Gasteiger partial charge >= 0.3 is 5.97 Å². The molecule has 0 aliphatic rings. The Balaban J connectivity index is 1.86. The molecule has 3 nitrogen and oxygen atoms in total. The molecule has 0 aliphatic carbocycles. The van der Waals surface area contributed by atoms with Crippen LogP contribution in [0.4, 0.5) is 0 Å². The monoisotopic (exact) mass is 284 g/mol. The summed E-state index contributed by atoms with van der Waals surface area (Å²) in [6.45, 7) is 2.73. The van der Waals surface area contributed by atoms with Crippen LogP contribution in [0.25, 0.3) is 0 Å². The van der Waals surface area contributed by atoms with E-state index in [1.165, 1.54) is 11.1 Å². The van der Waals surface area contributed by atoms with Crippen molar-refractivity contribution in [3.05, 3.63) is 65.2 Å². The highest BCUT2D eigenvalue weighted by Crippen LogP contribution is 2.14. The molecular weight excluding hydrogens is 264 g/mol. The lowest BCUT2D eigenvalue weighted by molar-refractivity contribution is -0.136. The zero-order valence-electron chi connectivity index (χ0n) is 12.2. The van der Waals surface area contributed by atoms with Crippen molar-refractivity contribution in [1.29, 1.82) is 0 Å². The highest BCUT2D eigenvalue weighted by atomic mass is 16.5. The van der Waals surface area contributed by atoms with Gasteiger partial charge in [-0.1, -0.05) is 43.3 Å². The molecule has 1 N–H and O–H groups in total. The maximum Gasteiger partial charge on any atom is 0.307 e. The Morgan fingerprint density at radius 2 is 1.76 bits per heavy atom. The third kappa shape index (κ3) is 4.95. The number of aliphatic carboxylic acids is 1. The molecule has 0 bridgehead atoms. The van der Waals surface area contributed by atoms with E-state index in [2.05, 4.69) is 31.2 Å². The largest absolute Gasteiger partial charge is 0.493 e. The molecule has 0 radical (unpaired) electrons. The molecule has 0 fully saturated rings. The zero-order valence-corrected chi connectivity index (χ0v) is 12.2. The molecule has 21 heavy (non-hydrogen) atoms. The van der Waals surface area contributed by atoms with Crippen molar-refractivity contribution in [2.45, 2.75) is 26.2 Å². The molecule has 2 aromatic rings. The van der Waals surface area contributed by atoms with Gasteiger partial charge in [0.05, 0.1) is 13.0 Å². The average molecular weight is 284 g/mol. The van der Waals surface area contributed by atoms with Crippen molar-refractivity contribution in [3.8, 4) is 5.75 Å². The molecule has 2 rings (SSSR count). The Bertz CT molecular complexity index is 588. The fraction of sp³-hybridized carbons (Fsp3) is 0.278. The Morgan fingerprint density at radius 1 is 1.05 bits per heavy atom. The fourth-order valence-electron chi connectivity index (χ4n) is 2.15. The van der Waals surface area contributed by atoms with Crippen LogP contribution in [0.5, 0.6) is 5.75 Å². The van der Waals surface area contributed by atoms with Gasteiger partial charge in [-0.2, -0.15) is 0 Å². The molecule has 0 atom stereocenters. The summed E-state index contributed by atoms with van der Waals surface area (Å²) in [4.78, 5) is 10.7. The smallest absolute Gasteiger partial charge is 0.307 e. The van der Waals surface area contributed by atoms with Crippen LogP contribution in [-0.4, -0.2) is 17.7 Å². The van der Waals surface area contributed by atoms with Crippen LogP contribution in [0, 0.1) is 0 Å². The summed E-state index contributed by atoms with van der Waals surface area (Å²) in [7, 11) is 0. The third-order valence-electron chi connectivity index (χ3n) is 3.34. The zero-order chi connectivity index (χ0) is 15.1. The second-order valence-corrected chi connectivity index (χ2v) is 4.99. The normalized spacial score (nSPS) is 10.3. The van der Waals surface area contributed by atoms with Gasteiger partial charge in [-0.05, 0) is 35.2 Å². The Morgan fingerprint density at radius 3 is 2.43 bits per heavy atom. The van der Waals surface area contributed by atoms with Gasteiger partial charge in [-0.25, -0.2) is 0 Å². The third-order valence-corrected chi connectivity index (χ3v) is 3.34. The predicted molar refractivity (Wildman–Crippen MR) is 82.8 cm³/mol. The standard InChI is InChI=1S/C18H20O3/c1-2-14-6-8-15(9-7-14)10-11-21-17-5-3-4-16(12-17)13-18(19)20/h3-9,12H,2,10-11,13H2,1H3,(H,19,20). The van der Waals surface area contributed by atoms with Gasteiger partial charge in [0.1, 0.15) is 5.75 Å². The molecule has 0 saturated carbocycles. The number of carboxylic acid groups (broad SMARTS) is 1. The quantitative estimate of drug-likeness (QED) is 0.846. The van der Waals surface area contributed by atoms with Gasteiger partial charge < -0.3 is 9.84 Å². The van der Waals surface area contributed by atoms with E-state index in [1.54, 1.807) is 12.1 Å². The van der Waals surface area contributed by atoms with Crippen LogP contribution in [0.3, 0.4) is 0 Å².